The summed E-state index contributed by atoms with van der Waals surface area (Å²) in [4.78, 5) is 9.18. The van der Waals surface area contributed by atoms with Gasteiger partial charge in [-0.3, -0.25) is 4.90 Å². The summed E-state index contributed by atoms with van der Waals surface area (Å²) in [5, 5.41) is 11.5. The first-order valence-electron chi connectivity index (χ1n) is 7.27. The molecule has 5 heteroatoms. The van der Waals surface area contributed by atoms with Crippen molar-refractivity contribution in [3.63, 3.8) is 0 Å². The first-order chi connectivity index (χ1) is 9.33. The highest BCUT2D eigenvalue weighted by Gasteiger charge is 2.25. The summed E-state index contributed by atoms with van der Waals surface area (Å²) in [6.45, 7) is 5.41. The Labute approximate surface area is 118 Å². The predicted molar refractivity (Wildman–Crippen MR) is 80.5 cm³/mol. The molecule has 104 valence electrons. The van der Waals surface area contributed by atoms with Crippen molar-refractivity contribution in [2.24, 2.45) is 5.92 Å². The van der Waals surface area contributed by atoms with Crippen LogP contribution in [-0.2, 0) is 0 Å². The topological polar surface area (TPSA) is 43.2 Å². The molecule has 2 aliphatic heterocycles. The van der Waals surface area contributed by atoms with E-state index in [-0.39, 0.29) is 0 Å². The molecule has 0 amide bonds. The fraction of sp³-hybridized carbons (Fsp3) is 0.714. The Morgan fingerprint density at radius 1 is 1.26 bits per heavy atom. The van der Waals surface area contributed by atoms with Crippen LogP contribution in [0.25, 0.3) is 0 Å². The monoisotopic (exact) mass is 278 g/mol. The molecule has 0 saturated carbocycles. The second kappa shape index (κ2) is 6.01. The van der Waals surface area contributed by atoms with Gasteiger partial charge >= 0.3 is 0 Å². The highest BCUT2D eigenvalue weighted by molar-refractivity contribution is 7.13. The Morgan fingerprint density at radius 2 is 2.00 bits per heavy atom. The van der Waals surface area contributed by atoms with Crippen molar-refractivity contribution >= 4 is 22.2 Å². The van der Waals surface area contributed by atoms with Gasteiger partial charge in [0.25, 0.3) is 0 Å². The molecule has 0 atom stereocenters. The fourth-order valence-corrected chi connectivity index (χ4v) is 3.80. The maximum atomic E-state index is 8.32. The maximum Gasteiger partial charge on any atom is 0.185 e. The summed E-state index contributed by atoms with van der Waals surface area (Å²) in [6, 6.07) is 0. The van der Waals surface area contributed by atoms with Crippen LogP contribution in [0.1, 0.15) is 25.7 Å². The minimum absolute atomic E-state index is 0.497. The van der Waals surface area contributed by atoms with Crippen LogP contribution in [0.4, 0.5) is 5.13 Å². The van der Waals surface area contributed by atoms with Gasteiger partial charge in [-0.25, -0.2) is 4.98 Å². The van der Waals surface area contributed by atoms with Crippen molar-refractivity contribution in [1.29, 1.82) is 5.41 Å². The fourth-order valence-electron chi connectivity index (χ4n) is 3.10. The molecule has 2 aliphatic rings. The minimum Gasteiger partial charge on any atom is -0.348 e. The molecule has 0 bridgehead atoms. The van der Waals surface area contributed by atoms with E-state index in [1.54, 1.807) is 11.3 Å². The van der Waals surface area contributed by atoms with Gasteiger partial charge in [0.2, 0.25) is 0 Å². The third-order valence-electron chi connectivity index (χ3n) is 4.27. The summed E-state index contributed by atoms with van der Waals surface area (Å²) in [7, 11) is 0. The quantitative estimate of drug-likeness (QED) is 0.861. The first kappa shape index (κ1) is 13.1. The van der Waals surface area contributed by atoms with Crippen molar-refractivity contribution in [2.45, 2.75) is 25.7 Å². The molecule has 0 spiro atoms. The van der Waals surface area contributed by atoms with Crippen LogP contribution in [0.2, 0.25) is 0 Å². The average molecular weight is 278 g/mol. The van der Waals surface area contributed by atoms with E-state index < -0.39 is 0 Å². The van der Waals surface area contributed by atoms with E-state index in [0.29, 0.717) is 5.92 Å². The van der Waals surface area contributed by atoms with Crippen molar-refractivity contribution in [1.82, 2.24) is 9.88 Å². The van der Waals surface area contributed by atoms with E-state index in [1.807, 2.05) is 11.6 Å². The van der Waals surface area contributed by atoms with Crippen LogP contribution >= 0.6 is 11.3 Å². The zero-order valence-electron chi connectivity index (χ0n) is 11.3. The molecule has 0 unspecified atom stereocenters. The van der Waals surface area contributed by atoms with Gasteiger partial charge in [0, 0.05) is 42.8 Å². The van der Waals surface area contributed by atoms with E-state index in [0.717, 1.165) is 43.3 Å². The average Bonchev–Trinajstić information content (AvgIpc) is 3.12. The van der Waals surface area contributed by atoms with Crippen LogP contribution in [-0.4, -0.2) is 48.3 Å². The van der Waals surface area contributed by atoms with E-state index in [1.165, 1.54) is 25.9 Å². The van der Waals surface area contributed by atoms with E-state index in [9.17, 15) is 0 Å². The lowest BCUT2D eigenvalue weighted by Crippen LogP contribution is -2.39. The number of nitrogens with zero attached hydrogens (tertiary/aromatic N) is 3. The zero-order valence-corrected chi connectivity index (χ0v) is 12.2. The van der Waals surface area contributed by atoms with Crippen molar-refractivity contribution in [2.75, 3.05) is 37.6 Å². The number of thiazole rings is 1. The van der Waals surface area contributed by atoms with Gasteiger partial charge in [0.05, 0.1) is 0 Å². The zero-order chi connectivity index (χ0) is 13.1. The second-order valence-electron chi connectivity index (χ2n) is 5.58. The molecule has 0 aliphatic carbocycles. The Kier molecular flexibility index (Phi) is 4.13. The summed E-state index contributed by atoms with van der Waals surface area (Å²) >= 11 is 1.72. The molecular weight excluding hydrogens is 256 g/mol. The summed E-state index contributed by atoms with van der Waals surface area (Å²) in [5.41, 5.74) is 0.959. The van der Waals surface area contributed by atoms with Crippen molar-refractivity contribution < 1.29 is 0 Å². The third kappa shape index (κ3) is 3.15. The molecule has 2 fully saturated rings. The molecule has 0 radical (unpaired) electrons. The van der Waals surface area contributed by atoms with Gasteiger partial charge < -0.3 is 10.3 Å². The number of rotatable bonds is 4. The van der Waals surface area contributed by atoms with Gasteiger partial charge in [-0.05, 0) is 38.8 Å². The van der Waals surface area contributed by atoms with E-state index >= 15 is 0 Å². The van der Waals surface area contributed by atoms with Gasteiger partial charge in [0.1, 0.15) is 0 Å². The summed E-state index contributed by atoms with van der Waals surface area (Å²) in [5.74, 6) is 0.497. The number of hydrogen-bond donors (Lipinski definition) is 1. The molecule has 1 aromatic heterocycles. The van der Waals surface area contributed by atoms with Gasteiger partial charge in [-0.15, -0.1) is 11.3 Å². The molecule has 19 heavy (non-hydrogen) atoms. The predicted octanol–water partition coefficient (Wildman–Crippen LogP) is 2.48. The van der Waals surface area contributed by atoms with Crippen molar-refractivity contribution in [3.8, 4) is 0 Å². The largest absolute Gasteiger partial charge is 0.348 e. The first-order valence-corrected chi connectivity index (χ1v) is 8.15. The smallest absolute Gasteiger partial charge is 0.185 e. The van der Waals surface area contributed by atoms with Gasteiger partial charge in [-0.1, -0.05) is 0 Å². The third-order valence-corrected chi connectivity index (χ3v) is 5.10. The lowest BCUT2D eigenvalue weighted by Gasteiger charge is -2.32. The number of anilines is 1. The second-order valence-corrected chi connectivity index (χ2v) is 6.46. The number of aromatic nitrogens is 1. The number of piperidine rings is 1. The van der Waals surface area contributed by atoms with E-state index in [2.05, 4.69) is 14.8 Å². The minimum atomic E-state index is 0.497. The molecule has 1 N–H and O–H groups in total. The molecule has 2 saturated heterocycles. The van der Waals surface area contributed by atoms with Crippen LogP contribution in [0.3, 0.4) is 0 Å². The summed E-state index contributed by atoms with van der Waals surface area (Å²) in [6.07, 6.45) is 6.74. The Bertz CT molecular complexity index is 403. The van der Waals surface area contributed by atoms with E-state index in [4.69, 9.17) is 5.41 Å². The SMILES string of the molecule is N=C(CN1CCCC1)C1CCN(c2nccs2)CC1. The molecule has 1 aromatic rings. The standard InChI is InChI=1S/C14H22N4S/c15-13(11-17-6-1-2-7-17)12-3-8-18(9-4-12)14-16-5-10-19-14/h5,10,12,15H,1-4,6-9,11H2. The highest BCUT2D eigenvalue weighted by atomic mass is 32.1. The normalized spacial score (nSPS) is 22.0. The van der Waals surface area contributed by atoms with Crippen LogP contribution in [0.5, 0.6) is 0 Å². The lowest BCUT2D eigenvalue weighted by atomic mass is 9.92. The van der Waals surface area contributed by atoms with Gasteiger partial charge in [-0.2, -0.15) is 0 Å². The lowest BCUT2D eigenvalue weighted by molar-refractivity contribution is 0.374. The Morgan fingerprint density at radius 3 is 2.63 bits per heavy atom. The Hall–Kier alpha value is -0.940. The number of nitrogens with one attached hydrogen (secondary N) is 1. The highest BCUT2D eigenvalue weighted by Crippen LogP contribution is 2.25. The molecule has 3 rings (SSSR count). The van der Waals surface area contributed by atoms with Crippen molar-refractivity contribution in [3.05, 3.63) is 11.6 Å². The maximum absolute atomic E-state index is 8.32. The van der Waals surface area contributed by atoms with Gasteiger partial charge in [0.15, 0.2) is 5.13 Å². The Balaban J connectivity index is 1.48. The molecule has 3 heterocycles. The molecule has 0 aromatic carbocycles. The van der Waals surface area contributed by atoms with Crippen LogP contribution in [0.15, 0.2) is 11.6 Å². The number of likely N-dealkylation sites (tertiary alicyclic amines) is 1. The molecular formula is C14H22N4S. The number of hydrogen-bond acceptors (Lipinski definition) is 5. The summed E-state index contributed by atoms with van der Waals surface area (Å²) < 4.78 is 0. The van der Waals surface area contributed by atoms with Crippen LogP contribution in [0, 0.1) is 11.3 Å². The van der Waals surface area contributed by atoms with Crippen LogP contribution < -0.4 is 4.90 Å². The molecule has 4 nitrogen and oxygen atoms in total.